The largest absolute Gasteiger partial charge is 0.466 e. The summed E-state index contributed by atoms with van der Waals surface area (Å²) in [7, 11) is 2.06. The monoisotopic (exact) mass is 672 g/mol. The lowest BCUT2D eigenvalue weighted by molar-refractivity contribution is -0.144. The highest BCUT2D eigenvalue weighted by molar-refractivity contribution is 5.69. The molecule has 5 heteroatoms. The smallest absolute Gasteiger partial charge is 0.305 e. The minimum Gasteiger partial charge on any atom is -0.466 e. The molecule has 278 valence electrons. The van der Waals surface area contributed by atoms with E-state index in [0.717, 1.165) is 77.3 Å². The molecule has 0 aliphatic heterocycles. The van der Waals surface area contributed by atoms with Gasteiger partial charge in [-0.05, 0) is 96.9 Å². The molecule has 0 aromatic heterocycles. The fraction of sp³-hybridized carbons (Fsp3) is 0.767. The van der Waals surface area contributed by atoms with Crippen LogP contribution in [-0.2, 0) is 19.1 Å². The second kappa shape index (κ2) is 39.3. The Morgan fingerprint density at radius 3 is 1.15 bits per heavy atom. The molecule has 0 bridgehead atoms. The molecule has 0 amide bonds. The summed E-state index contributed by atoms with van der Waals surface area (Å²) in [6, 6.07) is 0. The minimum absolute atomic E-state index is 0.0700. The van der Waals surface area contributed by atoms with Gasteiger partial charge >= 0.3 is 11.9 Å². The van der Waals surface area contributed by atoms with Gasteiger partial charge in [0.05, 0.1) is 13.2 Å². The summed E-state index contributed by atoms with van der Waals surface area (Å²) >= 11 is 0. The predicted molar refractivity (Wildman–Crippen MR) is 207 cm³/mol. The van der Waals surface area contributed by atoms with E-state index >= 15 is 0 Å². The van der Waals surface area contributed by atoms with E-state index in [-0.39, 0.29) is 11.9 Å². The fourth-order valence-corrected chi connectivity index (χ4v) is 5.46. The van der Waals surface area contributed by atoms with Crippen molar-refractivity contribution in [3.63, 3.8) is 0 Å². The van der Waals surface area contributed by atoms with Crippen LogP contribution in [0.1, 0.15) is 181 Å². The van der Waals surface area contributed by atoms with Crippen LogP contribution < -0.4 is 0 Å². The lowest BCUT2D eigenvalue weighted by atomic mass is 10.1. The van der Waals surface area contributed by atoms with Crippen LogP contribution >= 0.6 is 0 Å². The van der Waals surface area contributed by atoms with Crippen LogP contribution in [0.4, 0.5) is 0 Å². The molecule has 0 rings (SSSR count). The maximum atomic E-state index is 12.0. The molecule has 0 fully saturated rings. The second-order valence-corrected chi connectivity index (χ2v) is 13.4. The van der Waals surface area contributed by atoms with Crippen molar-refractivity contribution in [1.29, 1.82) is 0 Å². The normalized spacial score (nSPS) is 12.1. The number of hydrogen-bond donors (Lipinski definition) is 0. The third kappa shape index (κ3) is 38.3. The molecule has 0 spiro atoms. The third-order valence-electron chi connectivity index (χ3n) is 8.56. The highest BCUT2D eigenvalue weighted by Crippen LogP contribution is 2.10. The number of ether oxygens (including phenoxy) is 2. The van der Waals surface area contributed by atoms with E-state index in [4.69, 9.17) is 9.47 Å². The minimum atomic E-state index is -0.0700. The second-order valence-electron chi connectivity index (χ2n) is 13.4. The molecule has 0 saturated heterocycles. The van der Waals surface area contributed by atoms with Gasteiger partial charge < -0.3 is 14.4 Å². The van der Waals surface area contributed by atoms with Crippen LogP contribution in [0.25, 0.3) is 0 Å². The van der Waals surface area contributed by atoms with Crippen molar-refractivity contribution < 1.29 is 19.1 Å². The van der Waals surface area contributed by atoms with Gasteiger partial charge in [0.1, 0.15) is 0 Å². The van der Waals surface area contributed by atoms with E-state index in [2.05, 4.69) is 74.4 Å². The Balaban J connectivity index is 3.45. The molecule has 0 N–H and O–H groups in total. The van der Waals surface area contributed by atoms with E-state index in [1.165, 1.54) is 89.9 Å². The van der Waals surface area contributed by atoms with E-state index < -0.39 is 0 Å². The molecule has 0 aliphatic rings. The van der Waals surface area contributed by atoms with Crippen molar-refractivity contribution in [2.75, 3.05) is 33.4 Å². The lowest BCUT2D eigenvalue weighted by Gasteiger charge is -2.16. The van der Waals surface area contributed by atoms with E-state index in [1.807, 2.05) is 0 Å². The lowest BCUT2D eigenvalue weighted by Crippen LogP contribution is -2.23. The van der Waals surface area contributed by atoms with Crippen molar-refractivity contribution in [3.8, 4) is 0 Å². The van der Waals surface area contributed by atoms with Crippen LogP contribution in [0.15, 0.2) is 48.6 Å². The Kier molecular flexibility index (Phi) is 37.5. The molecule has 5 nitrogen and oxygen atoms in total. The number of unbranched alkanes of at least 4 members (excludes halogenated alkanes) is 16. The Labute approximate surface area is 298 Å². The molecular weight excluding hydrogens is 594 g/mol. The zero-order valence-electron chi connectivity index (χ0n) is 31.9. The first-order valence-electron chi connectivity index (χ1n) is 20.2. The molecular formula is C43H77NO4. The van der Waals surface area contributed by atoms with Crippen molar-refractivity contribution in [1.82, 2.24) is 4.90 Å². The van der Waals surface area contributed by atoms with Crippen LogP contribution in [0.2, 0.25) is 0 Å². The van der Waals surface area contributed by atoms with Crippen LogP contribution in [-0.4, -0.2) is 50.2 Å². The molecule has 0 aromatic carbocycles. The topological polar surface area (TPSA) is 55.8 Å². The first-order valence-corrected chi connectivity index (χ1v) is 20.2. The molecule has 0 unspecified atom stereocenters. The van der Waals surface area contributed by atoms with E-state index in [1.54, 1.807) is 0 Å². The maximum Gasteiger partial charge on any atom is 0.305 e. The van der Waals surface area contributed by atoms with Gasteiger partial charge in [-0.1, -0.05) is 127 Å². The molecule has 48 heavy (non-hydrogen) atoms. The first kappa shape index (κ1) is 45.9. The summed E-state index contributed by atoms with van der Waals surface area (Å²) in [5.74, 6) is -0.140. The molecule has 0 heterocycles. The van der Waals surface area contributed by atoms with Crippen molar-refractivity contribution in [2.24, 2.45) is 0 Å². The van der Waals surface area contributed by atoms with Gasteiger partial charge in [-0.2, -0.15) is 0 Å². The maximum absolute atomic E-state index is 12.0. The number of rotatable bonds is 36. The van der Waals surface area contributed by atoms with Gasteiger partial charge in [-0.25, -0.2) is 0 Å². The Hall–Kier alpha value is -2.14. The van der Waals surface area contributed by atoms with Crippen LogP contribution in [0.3, 0.4) is 0 Å². The number of carbonyl (C=O) groups excluding carboxylic acids is 2. The molecule has 0 atom stereocenters. The molecule has 0 aromatic rings. The van der Waals surface area contributed by atoms with Gasteiger partial charge in [0.2, 0.25) is 0 Å². The summed E-state index contributed by atoms with van der Waals surface area (Å²) in [6.45, 7) is 7.19. The average molecular weight is 672 g/mol. The summed E-state index contributed by atoms with van der Waals surface area (Å²) in [5, 5.41) is 0. The van der Waals surface area contributed by atoms with Gasteiger partial charge in [0, 0.05) is 25.9 Å². The molecule has 0 radical (unpaired) electrons. The van der Waals surface area contributed by atoms with Crippen molar-refractivity contribution in [3.05, 3.63) is 48.6 Å². The summed E-state index contributed by atoms with van der Waals surface area (Å²) in [6.07, 6.45) is 47.1. The van der Waals surface area contributed by atoms with Crippen LogP contribution in [0.5, 0.6) is 0 Å². The Morgan fingerprint density at radius 1 is 0.438 bits per heavy atom. The van der Waals surface area contributed by atoms with Crippen molar-refractivity contribution >= 4 is 11.9 Å². The Bertz CT molecular complexity index is 750. The van der Waals surface area contributed by atoms with E-state index in [0.29, 0.717) is 26.1 Å². The number of allylic oxidation sites excluding steroid dienone is 8. The highest BCUT2D eigenvalue weighted by Gasteiger charge is 2.06. The third-order valence-corrected chi connectivity index (χ3v) is 8.56. The predicted octanol–water partition coefficient (Wildman–Crippen LogP) is 12.4. The SMILES string of the molecule is CCCCCC=CCC=CCCCCCCCC(=O)OCCCN(C)CCCOC(=O)CCCCCCCC=CCC=CCCCCC. The summed E-state index contributed by atoms with van der Waals surface area (Å²) in [5.41, 5.74) is 0. The van der Waals surface area contributed by atoms with Crippen molar-refractivity contribution in [2.45, 2.75) is 181 Å². The first-order chi connectivity index (χ1) is 23.6. The standard InChI is InChI=1S/C43H77NO4/c1-4-6-8-10-12-14-16-18-20-22-24-26-28-30-32-36-42(45)47-40-34-38-44(3)39-35-41-48-43(46)37-33-31-29-27-25-23-21-19-17-15-13-11-9-7-5-2/h12-15,18-21H,4-11,16-17,22-41H2,1-3H3. The summed E-state index contributed by atoms with van der Waals surface area (Å²) in [4.78, 5) is 26.2. The average Bonchev–Trinajstić information content (AvgIpc) is 3.08. The van der Waals surface area contributed by atoms with Gasteiger partial charge in [0.15, 0.2) is 0 Å². The van der Waals surface area contributed by atoms with Crippen LogP contribution in [0, 0.1) is 0 Å². The fourth-order valence-electron chi connectivity index (χ4n) is 5.46. The molecule has 0 saturated carbocycles. The highest BCUT2D eigenvalue weighted by atomic mass is 16.5. The number of esters is 2. The van der Waals surface area contributed by atoms with E-state index in [9.17, 15) is 9.59 Å². The Morgan fingerprint density at radius 2 is 0.771 bits per heavy atom. The zero-order chi connectivity index (χ0) is 35.0. The number of nitrogens with zero attached hydrogens (tertiary/aromatic N) is 1. The van der Waals surface area contributed by atoms with Gasteiger partial charge in [-0.15, -0.1) is 0 Å². The number of hydrogen-bond acceptors (Lipinski definition) is 5. The zero-order valence-corrected chi connectivity index (χ0v) is 31.9. The summed E-state index contributed by atoms with van der Waals surface area (Å²) < 4.78 is 10.8. The van der Waals surface area contributed by atoms with Gasteiger partial charge in [-0.3, -0.25) is 9.59 Å². The van der Waals surface area contributed by atoms with Gasteiger partial charge in [0.25, 0.3) is 0 Å². The number of carbonyl (C=O) groups is 2. The molecule has 0 aliphatic carbocycles. The quantitative estimate of drug-likeness (QED) is 0.0377.